The van der Waals surface area contributed by atoms with Gasteiger partial charge in [0, 0.05) is 28.4 Å². The Morgan fingerprint density at radius 1 is 0.949 bits per heavy atom. The Labute approximate surface area is 224 Å². The average Bonchev–Trinajstić information content (AvgIpc) is 2.90. The molecule has 0 aliphatic heterocycles. The van der Waals surface area contributed by atoms with Gasteiger partial charge < -0.3 is 36.4 Å². The number of carbonyl (C=O) groups is 3. The highest BCUT2D eigenvalue weighted by Crippen LogP contribution is 2.30. The van der Waals surface area contributed by atoms with Crippen molar-refractivity contribution < 1.29 is 34.4 Å². The molecule has 204 valence electrons. The number of benzene rings is 2. The van der Waals surface area contributed by atoms with Gasteiger partial charge in [0.1, 0.15) is 11.5 Å². The van der Waals surface area contributed by atoms with Gasteiger partial charge in [-0.1, -0.05) is 19.9 Å². The molecule has 0 bridgehead atoms. The number of carboxylic acids is 1. The molecule has 1 atom stereocenters. The van der Waals surface area contributed by atoms with Crippen molar-refractivity contribution in [2.75, 3.05) is 12.4 Å². The van der Waals surface area contributed by atoms with E-state index in [1.807, 2.05) is 0 Å². The lowest BCUT2D eigenvalue weighted by Crippen LogP contribution is -2.46. The molecule has 0 aliphatic rings. The molecule has 3 rings (SSSR count). The molecule has 2 amide bonds. The van der Waals surface area contributed by atoms with Gasteiger partial charge in [-0.15, -0.1) is 0 Å². The van der Waals surface area contributed by atoms with E-state index < -0.39 is 30.1 Å². The van der Waals surface area contributed by atoms with Crippen LogP contribution >= 0.6 is 0 Å². The summed E-state index contributed by atoms with van der Waals surface area (Å²) in [6.45, 7) is 3.38. The van der Waals surface area contributed by atoms with Crippen molar-refractivity contribution in [3.8, 4) is 17.0 Å². The van der Waals surface area contributed by atoms with Crippen LogP contribution in [0.15, 0.2) is 54.6 Å². The minimum atomic E-state index is -1.81. The minimum Gasteiger partial charge on any atom is -0.481 e. The van der Waals surface area contributed by atoms with Gasteiger partial charge in [0.25, 0.3) is 11.8 Å². The summed E-state index contributed by atoms with van der Waals surface area (Å²) in [6.07, 6.45) is -1.81. The van der Waals surface area contributed by atoms with E-state index in [4.69, 9.17) is 15.9 Å². The van der Waals surface area contributed by atoms with Crippen molar-refractivity contribution in [2.45, 2.75) is 26.2 Å². The maximum atomic E-state index is 13.2. The van der Waals surface area contributed by atoms with Crippen LogP contribution in [0.5, 0.6) is 5.88 Å². The van der Waals surface area contributed by atoms with Crippen molar-refractivity contribution in [2.24, 2.45) is 11.7 Å². The number of ether oxygens (including phenoxy) is 1. The van der Waals surface area contributed by atoms with E-state index >= 15 is 0 Å². The zero-order valence-corrected chi connectivity index (χ0v) is 21.4. The highest BCUT2D eigenvalue weighted by Gasteiger charge is 2.26. The Balaban J connectivity index is 2.02. The molecule has 1 aromatic heterocycles. The first-order valence-corrected chi connectivity index (χ1v) is 11.8. The average molecular weight is 536 g/mol. The molecule has 39 heavy (non-hydrogen) atoms. The number of aromatic carboxylic acids is 1. The molecule has 12 heteroatoms. The van der Waals surface area contributed by atoms with Crippen LogP contribution in [0.25, 0.3) is 11.1 Å². The number of amides is 2. The number of aliphatic hydroxyl groups excluding tert-OH is 1. The molecule has 0 saturated heterocycles. The number of carboxylic acid groups (broad SMARTS) is 1. The number of amidine groups is 1. The first-order valence-electron chi connectivity index (χ1n) is 11.8. The Hall–Kier alpha value is -4.81. The van der Waals surface area contributed by atoms with Crippen LogP contribution < -0.4 is 21.1 Å². The summed E-state index contributed by atoms with van der Waals surface area (Å²) in [4.78, 5) is 42.5. The summed E-state index contributed by atoms with van der Waals surface area (Å²) < 4.78 is 5.15. The van der Waals surface area contributed by atoms with Gasteiger partial charge >= 0.3 is 5.97 Å². The van der Waals surface area contributed by atoms with Crippen LogP contribution in [-0.2, 0) is 0 Å². The highest BCUT2D eigenvalue weighted by atomic mass is 16.5. The van der Waals surface area contributed by atoms with Crippen LogP contribution in [0.1, 0.15) is 50.6 Å². The highest BCUT2D eigenvalue weighted by molar-refractivity contribution is 6.10. The molecule has 1 unspecified atom stereocenters. The minimum absolute atomic E-state index is 0.0273. The number of hydrogen-bond acceptors (Lipinski definition) is 8. The molecule has 0 saturated carbocycles. The van der Waals surface area contributed by atoms with Crippen LogP contribution in [0.4, 0.5) is 5.69 Å². The first-order chi connectivity index (χ1) is 18.4. The van der Waals surface area contributed by atoms with Crippen molar-refractivity contribution in [3.05, 3.63) is 77.0 Å². The largest absolute Gasteiger partial charge is 0.481 e. The topological polar surface area (TPSA) is 208 Å². The summed E-state index contributed by atoms with van der Waals surface area (Å²) in [5.41, 5.74) is 6.18. The Morgan fingerprint density at radius 3 is 2.10 bits per heavy atom. The Bertz CT molecular complexity index is 1400. The van der Waals surface area contributed by atoms with Gasteiger partial charge in [-0.25, -0.2) is 9.78 Å². The second-order valence-corrected chi connectivity index (χ2v) is 8.92. The fraction of sp³-hybridized carbons (Fsp3) is 0.222. The molecule has 3 aromatic rings. The van der Waals surface area contributed by atoms with E-state index in [0.29, 0.717) is 11.3 Å². The molecule has 0 spiro atoms. The Morgan fingerprint density at radius 2 is 1.56 bits per heavy atom. The molecule has 0 radical (unpaired) electrons. The van der Waals surface area contributed by atoms with E-state index in [0.717, 1.165) is 6.07 Å². The lowest BCUT2D eigenvalue weighted by molar-refractivity contribution is -0.0751. The second kappa shape index (κ2) is 12.2. The van der Waals surface area contributed by atoms with E-state index in [-0.39, 0.29) is 45.6 Å². The Kier molecular flexibility index (Phi) is 8.96. The monoisotopic (exact) mass is 535 g/mol. The van der Waals surface area contributed by atoms with Crippen molar-refractivity contribution in [1.82, 2.24) is 10.3 Å². The number of carbonyl (C=O) groups excluding carboxylic acids is 2. The molecule has 0 fully saturated rings. The van der Waals surface area contributed by atoms with Gasteiger partial charge in [0.15, 0.2) is 6.29 Å². The van der Waals surface area contributed by atoms with Gasteiger partial charge in [0.2, 0.25) is 5.88 Å². The van der Waals surface area contributed by atoms with Gasteiger partial charge in [-0.05, 0) is 53.9 Å². The fourth-order valence-corrected chi connectivity index (χ4v) is 3.79. The number of rotatable bonds is 10. The molecule has 2 aromatic carbocycles. The van der Waals surface area contributed by atoms with Crippen LogP contribution in [0.2, 0.25) is 0 Å². The summed E-state index contributed by atoms with van der Waals surface area (Å²) in [5.74, 6) is -3.03. The molecule has 0 aliphatic carbocycles. The number of nitrogens with one attached hydrogen (secondary N) is 3. The zero-order valence-electron chi connectivity index (χ0n) is 21.4. The lowest BCUT2D eigenvalue weighted by Gasteiger charge is -2.24. The predicted octanol–water partition coefficient (Wildman–Crippen LogP) is 2.06. The van der Waals surface area contributed by atoms with Gasteiger partial charge in [0.05, 0.1) is 18.7 Å². The molecule has 8 N–H and O–H groups in total. The maximum Gasteiger partial charge on any atom is 0.336 e. The van der Waals surface area contributed by atoms with E-state index in [1.54, 1.807) is 38.1 Å². The normalized spacial score (nSPS) is 11.7. The number of pyridine rings is 1. The van der Waals surface area contributed by atoms with Gasteiger partial charge in [-0.2, -0.15) is 0 Å². The zero-order chi connectivity index (χ0) is 28.9. The number of nitrogens with two attached hydrogens (primary N) is 1. The number of nitrogen functional groups attached to an aromatic ring is 1. The summed E-state index contributed by atoms with van der Waals surface area (Å²) in [6, 6.07) is 12.1. The maximum absolute atomic E-state index is 13.2. The number of aliphatic hydroxyl groups is 2. The number of nitrogens with zero attached hydrogens (tertiary/aromatic N) is 1. The number of hydrogen-bond donors (Lipinski definition) is 7. The van der Waals surface area contributed by atoms with Crippen LogP contribution in [-0.4, -0.2) is 63.4 Å². The number of anilines is 1. The molecular formula is C27H29N5O7. The molecular weight excluding hydrogens is 506 g/mol. The first kappa shape index (κ1) is 28.8. The predicted molar refractivity (Wildman–Crippen MR) is 143 cm³/mol. The van der Waals surface area contributed by atoms with E-state index in [2.05, 4.69) is 15.6 Å². The summed E-state index contributed by atoms with van der Waals surface area (Å²) in [7, 11) is 1.37. The van der Waals surface area contributed by atoms with Crippen LogP contribution in [0, 0.1) is 11.3 Å². The van der Waals surface area contributed by atoms with Crippen LogP contribution in [0.3, 0.4) is 0 Å². The second-order valence-electron chi connectivity index (χ2n) is 8.92. The molecule has 12 nitrogen and oxygen atoms in total. The van der Waals surface area contributed by atoms with Crippen molar-refractivity contribution in [1.29, 1.82) is 5.41 Å². The number of methoxy groups -OCH3 is 1. The SMILES string of the molecule is COc1ccc(-c2ccc(C(=O)NC(C(C)C)C(O)O)cc2C(=O)O)c(C(=O)Nc2ccc(C(=N)N)cc2)n1. The summed E-state index contributed by atoms with van der Waals surface area (Å²) >= 11 is 0. The third-order valence-corrected chi connectivity index (χ3v) is 5.89. The van der Waals surface area contributed by atoms with E-state index in [1.165, 1.54) is 31.4 Å². The fourth-order valence-electron chi connectivity index (χ4n) is 3.79. The van der Waals surface area contributed by atoms with Crippen molar-refractivity contribution >= 4 is 29.3 Å². The van der Waals surface area contributed by atoms with E-state index in [9.17, 15) is 29.7 Å². The summed E-state index contributed by atoms with van der Waals surface area (Å²) in [5, 5.41) is 41.7. The lowest BCUT2D eigenvalue weighted by atomic mass is 9.95. The van der Waals surface area contributed by atoms with Gasteiger partial charge in [-0.3, -0.25) is 15.0 Å². The third kappa shape index (κ3) is 6.74. The standard InChI is InChI=1S/C27H29N5O7/c1-13(2)21(27(37)38)32-24(33)15-6-9-17(19(12-15)26(35)36)18-10-11-20(39-3)31-22(18)25(34)30-16-7-4-14(5-8-16)23(28)29/h4-13,21,27,37-38H,1-3H3,(H3,28,29)(H,30,34)(H,32,33)(H,35,36). The smallest absolute Gasteiger partial charge is 0.336 e. The third-order valence-electron chi connectivity index (χ3n) is 5.89. The quantitative estimate of drug-likeness (QED) is 0.115. The number of aromatic nitrogens is 1. The van der Waals surface area contributed by atoms with Crippen molar-refractivity contribution in [3.63, 3.8) is 0 Å². The molecule has 1 heterocycles.